The number of anilines is 2. The van der Waals surface area contributed by atoms with Crippen LogP contribution >= 0.6 is 11.6 Å². The number of imide groups is 1. The van der Waals surface area contributed by atoms with Gasteiger partial charge in [0.25, 0.3) is 11.8 Å². The van der Waals surface area contributed by atoms with Crippen LogP contribution in [0.5, 0.6) is 5.75 Å². The highest BCUT2D eigenvalue weighted by Gasteiger charge is 2.42. The number of carbonyl (C=O) groups excluding carboxylic acids is 2. The molecule has 0 unspecified atom stereocenters. The molecule has 0 N–H and O–H groups in total. The second-order valence-electron chi connectivity index (χ2n) is 7.33. The predicted molar refractivity (Wildman–Crippen MR) is 114 cm³/mol. The largest absolute Gasteiger partial charge is 0.497 e. The molecule has 0 atom stereocenters. The van der Waals surface area contributed by atoms with Crippen molar-refractivity contribution in [2.45, 2.75) is 6.18 Å². The third kappa shape index (κ3) is 4.00. The Morgan fingerprint density at radius 3 is 2.09 bits per heavy atom. The van der Waals surface area contributed by atoms with Gasteiger partial charge in [0, 0.05) is 37.9 Å². The lowest BCUT2D eigenvalue weighted by Gasteiger charge is -2.37. The summed E-state index contributed by atoms with van der Waals surface area (Å²) in [5, 5.41) is -0.232. The fraction of sp³-hybridized carbons (Fsp3) is 0.273. The smallest absolute Gasteiger partial charge is 0.416 e. The van der Waals surface area contributed by atoms with Gasteiger partial charge in [-0.1, -0.05) is 17.7 Å². The maximum Gasteiger partial charge on any atom is 0.416 e. The molecule has 0 saturated carbocycles. The Morgan fingerprint density at radius 1 is 0.875 bits per heavy atom. The predicted octanol–water partition coefficient (Wildman–Crippen LogP) is 3.86. The van der Waals surface area contributed by atoms with Gasteiger partial charge in [0.15, 0.2) is 0 Å². The lowest BCUT2D eigenvalue weighted by molar-refractivity contribution is -0.137. The number of nitrogens with zero attached hydrogens (tertiary/aromatic N) is 3. The Hall–Kier alpha value is -3.20. The molecule has 2 aliphatic heterocycles. The van der Waals surface area contributed by atoms with Gasteiger partial charge in [-0.15, -0.1) is 0 Å². The zero-order valence-corrected chi connectivity index (χ0v) is 17.8. The van der Waals surface area contributed by atoms with Crippen molar-refractivity contribution in [3.05, 3.63) is 64.8 Å². The molecule has 2 aromatic carbocycles. The van der Waals surface area contributed by atoms with E-state index in [1.165, 1.54) is 0 Å². The molecule has 4 rings (SSSR count). The summed E-state index contributed by atoms with van der Waals surface area (Å²) in [5.41, 5.74) is 0.218. The topological polar surface area (TPSA) is 53.1 Å². The van der Waals surface area contributed by atoms with Gasteiger partial charge in [0.05, 0.1) is 18.4 Å². The van der Waals surface area contributed by atoms with Crippen molar-refractivity contribution < 1.29 is 27.5 Å². The molecular weight excluding hydrogens is 447 g/mol. The summed E-state index contributed by atoms with van der Waals surface area (Å²) in [7, 11) is 1.59. The molecule has 32 heavy (non-hydrogen) atoms. The summed E-state index contributed by atoms with van der Waals surface area (Å²) in [6.07, 6.45) is -4.51. The second-order valence-corrected chi connectivity index (χ2v) is 7.71. The van der Waals surface area contributed by atoms with Crippen LogP contribution in [0.3, 0.4) is 0 Å². The molecule has 168 valence electrons. The van der Waals surface area contributed by atoms with Crippen LogP contribution in [-0.2, 0) is 15.8 Å². The first-order valence-corrected chi connectivity index (χ1v) is 10.2. The summed E-state index contributed by atoms with van der Waals surface area (Å²) in [5.74, 6) is -0.657. The van der Waals surface area contributed by atoms with Crippen LogP contribution in [0.4, 0.5) is 24.5 Å². The minimum atomic E-state index is -4.51. The molecule has 0 aromatic heterocycles. The molecule has 2 heterocycles. The van der Waals surface area contributed by atoms with Gasteiger partial charge in [-0.05, 0) is 36.4 Å². The standard InChI is InChI=1S/C22H19ClF3N3O3/c1-32-17-4-2-3-16(13-17)27-9-11-28(12-10-27)19-18(23)20(30)29(21(19)31)15-7-5-14(6-8-15)22(24,25)26/h2-8,13H,9-12H2,1H3. The van der Waals surface area contributed by atoms with E-state index in [1.54, 1.807) is 12.0 Å². The average Bonchev–Trinajstić information content (AvgIpc) is 3.01. The van der Waals surface area contributed by atoms with E-state index in [9.17, 15) is 22.8 Å². The summed E-state index contributed by atoms with van der Waals surface area (Å²) in [6, 6.07) is 11.5. The average molecular weight is 466 g/mol. The Bertz CT molecular complexity index is 1080. The normalized spacial score (nSPS) is 17.5. The van der Waals surface area contributed by atoms with E-state index in [4.69, 9.17) is 16.3 Å². The summed E-state index contributed by atoms with van der Waals surface area (Å²) in [4.78, 5) is 30.3. The minimum Gasteiger partial charge on any atom is -0.497 e. The van der Waals surface area contributed by atoms with Crippen molar-refractivity contribution in [3.63, 3.8) is 0 Å². The molecule has 0 radical (unpaired) electrons. The number of benzene rings is 2. The monoisotopic (exact) mass is 465 g/mol. The number of methoxy groups -OCH3 is 1. The lowest BCUT2D eigenvalue weighted by atomic mass is 10.2. The van der Waals surface area contributed by atoms with Gasteiger partial charge in [0.1, 0.15) is 16.5 Å². The Kier molecular flexibility index (Phi) is 5.77. The fourth-order valence-corrected chi connectivity index (χ4v) is 4.08. The second kappa shape index (κ2) is 8.38. The third-order valence-corrected chi connectivity index (χ3v) is 5.81. The van der Waals surface area contributed by atoms with Crippen molar-refractivity contribution in [1.29, 1.82) is 0 Å². The molecule has 2 aromatic rings. The van der Waals surface area contributed by atoms with Crippen molar-refractivity contribution in [3.8, 4) is 5.75 Å². The van der Waals surface area contributed by atoms with Crippen LogP contribution in [0.1, 0.15) is 5.56 Å². The lowest BCUT2D eigenvalue weighted by Crippen LogP contribution is -2.47. The summed E-state index contributed by atoms with van der Waals surface area (Å²) >= 11 is 6.21. The number of halogens is 4. The summed E-state index contributed by atoms with van der Waals surface area (Å²) < 4.78 is 43.7. The van der Waals surface area contributed by atoms with E-state index in [2.05, 4.69) is 4.90 Å². The molecule has 0 aliphatic carbocycles. The maximum atomic E-state index is 13.0. The van der Waals surface area contributed by atoms with E-state index < -0.39 is 23.6 Å². The Balaban J connectivity index is 1.49. The Labute approximate surface area is 187 Å². The van der Waals surface area contributed by atoms with Crippen molar-refractivity contribution in [2.24, 2.45) is 0 Å². The summed E-state index contributed by atoms with van der Waals surface area (Å²) in [6.45, 7) is 2.07. The minimum absolute atomic E-state index is 0.0381. The van der Waals surface area contributed by atoms with Crippen LogP contribution < -0.4 is 14.5 Å². The quantitative estimate of drug-likeness (QED) is 0.642. The molecule has 0 bridgehead atoms. The number of rotatable bonds is 4. The number of alkyl halides is 3. The van der Waals surface area contributed by atoms with Crippen molar-refractivity contribution >= 4 is 34.8 Å². The first-order valence-electron chi connectivity index (χ1n) is 9.80. The van der Waals surface area contributed by atoms with Crippen LogP contribution in [0.15, 0.2) is 59.3 Å². The van der Waals surface area contributed by atoms with E-state index in [1.807, 2.05) is 24.3 Å². The molecule has 1 saturated heterocycles. The highest BCUT2D eigenvalue weighted by Crippen LogP contribution is 2.35. The molecule has 1 fully saturated rings. The van der Waals surface area contributed by atoms with Crippen molar-refractivity contribution in [1.82, 2.24) is 4.90 Å². The molecule has 10 heteroatoms. The molecule has 2 amide bonds. The van der Waals surface area contributed by atoms with E-state index in [-0.39, 0.29) is 16.4 Å². The SMILES string of the molecule is COc1cccc(N2CCN(C3=C(Cl)C(=O)N(c4ccc(C(F)(F)F)cc4)C3=O)CC2)c1. The number of carbonyl (C=O) groups is 2. The van der Waals surface area contributed by atoms with Gasteiger partial charge in [-0.25, -0.2) is 4.90 Å². The first-order chi connectivity index (χ1) is 15.2. The van der Waals surface area contributed by atoms with Crippen LogP contribution in [0, 0.1) is 0 Å². The number of ether oxygens (including phenoxy) is 1. The Morgan fingerprint density at radius 2 is 1.50 bits per heavy atom. The number of hydrogen-bond acceptors (Lipinski definition) is 5. The molecule has 0 spiro atoms. The number of amides is 2. The van der Waals surface area contributed by atoms with Gasteiger partial charge in [-0.3, -0.25) is 9.59 Å². The number of hydrogen-bond donors (Lipinski definition) is 0. The van der Waals surface area contributed by atoms with E-state index >= 15 is 0 Å². The molecule has 6 nitrogen and oxygen atoms in total. The van der Waals surface area contributed by atoms with E-state index in [0.717, 1.165) is 40.6 Å². The fourth-order valence-electron chi connectivity index (χ4n) is 3.79. The van der Waals surface area contributed by atoms with Gasteiger partial charge in [0.2, 0.25) is 0 Å². The van der Waals surface area contributed by atoms with Crippen LogP contribution in [0.25, 0.3) is 0 Å². The van der Waals surface area contributed by atoms with Gasteiger partial charge < -0.3 is 14.5 Å². The zero-order chi connectivity index (χ0) is 23.0. The molecule has 2 aliphatic rings. The van der Waals surface area contributed by atoms with Crippen LogP contribution in [0.2, 0.25) is 0 Å². The highest BCUT2D eigenvalue weighted by atomic mass is 35.5. The van der Waals surface area contributed by atoms with Gasteiger partial charge >= 0.3 is 6.18 Å². The van der Waals surface area contributed by atoms with Crippen LogP contribution in [-0.4, -0.2) is 50.0 Å². The maximum absolute atomic E-state index is 13.0. The van der Waals surface area contributed by atoms with Crippen molar-refractivity contribution in [2.75, 3.05) is 43.1 Å². The van der Waals surface area contributed by atoms with Gasteiger partial charge in [-0.2, -0.15) is 13.2 Å². The first kappa shape index (κ1) is 22.0. The highest BCUT2D eigenvalue weighted by molar-refractivity contribution is 6.52. The molecular formula is C22H19ClF3N3O3. The number of piperazine rings is 1. The third-order valence-electron chi connectivity index (χ3n) is 5.47. The van der Waals surface area contributed by atoms with E-state index in [0.29, 0.717) is 26.2 Å². The zero-order valence-electron chi connectivity index (χ0n) is 17.0.